The van der Waals surface area contributed by atoms with E-state index in [0.717, 1.165) is 8.95 Å². The minimum absolute atomic E-state index is 0.125. The molecule has 0 saturated heterocycles. The SMILES string of the molecule is O=C(O)CCCCNC(=O)Nc1cc(Br)ccc1Br. The number of aliphatic carboxylic acids is 1. The Morgan fingerprint density at radius 2 is 1.95 bits per heavy atom. The van der Waals surface area contributed by atoms with Gasteiger partial charge < -0.3 is 15.7 Å². The van der Waals surface area contributed by atoms with Crippen molar-refractivity contribution in [3.63, 3.8) is 0 Å². The molecule has 0 bridgehead atoms. The number of hydrogen-bond acceptors (Lipinski definition) is 2. The van der Waals surface area contributed by atoms with E-state index in [-0.39, 0.29) is 12.5 Å². The molecule has 5 nitrogen and oxygen atoms in total. The monoisotopic (exact) mass is 392 g/mol. The van der Waals surface area contributed by atoms with Crippen LogP contribution in [0.3, 0.4) is 0 Å². The standard InChI is InChI=1S/C12H14Br2N2O3/c13-8-4-5-9(14)10(7-8)16-12(19)15-6-2-1-3-11(17)18/h4-5,7H,1-3,6H2,(H,17,18)(H2,15,16,19). The molecule has 7 heteroatoms. The van der Waals surface area contributed by atoms with Gasteiger partial charge in [-0.15, -0.1) is 0 Å². The Labute approximate surface area is 128 Å². The highest BCUT2D eigenvalue weighted by Gasteiger charge is 2.05. The maximum Gasteiger partial charge on any atom is 0.319 e. The van der Waals surface area contributed by atoms with Gasteiger partial charge in [-0.05, 0) is 47.0 Å². The van der Waals surface area contributed by atoms with Crippen molar-refractivity contribution in [3.05, 3.63) is 27.1 Å². The van der Waals surface area contributed by atoms with E-state index < -0.39 is 5.97 Å². The van der Waals surface area contributed by atoms with E-state index in [2.05, 4.69) is 42.5 Å². The molecule has 0 aliphatic rings. The van der Waals surface area contributed by atoms with Crippen LogP contribution in [0.1, 0.15) is 19.3 Å². The number of amides is 2. The van der Waals surface area contributed by atoms with E-state index in [1.807, 2.05) is 12.1 Å². The molecule has 19 heavy (non-hydrogen) atoms. The highest BCUT2D eigenvalue weighted by molar-refractivity contribution is 9.11. The summed E-state index contributed by atoms with van der Waals surface area (Å²) in [4.78, 5) is 21.9. The maximum atomic E-state index is 11.6. The highest BCUT2D eigenvalue weighted by atomic mass is 79.9. The minimum atomic E-state index is -0.817. The van der Waals surface area contributed by atoms with Gasteiger partial charge in [0.25, 0.3) is 0 Å². The third-order valence-corrected chi connectivity index (χ3v) is 3.46. The molecule has 1 aromatic rings. The van der Waals surface area contributed by atoms with E-state index in [1.165, 1.54) is 0 Å². The average molecular weight is 394 g/mol. The third-order valence-electron chi connectivity index (χ3n) is 2.28. The highest BCUT2D eigenvalue weighted by Crippen LogP contribution is 2.25. The summed E-state index contributed by atoms with van der Waals surface area (Å²) in [6.07, 6.45) is 1.32. The fourth-order valence-corrected chi connectivity index (χ4v) is 2.07. The normalized spacial score (nSPS) is 10.0. The van der Waals surface area contributed by atoms with Crippen LogP contribution >= 0.6 is 31.9 Å². The summed E-state index contributed by atoms with van der Waals surface area (Å²) in [6.45, 7) is 0.449. The number of hydrogen-bond donors (Lipinski definition) is 3. The van der Waals surface area contributed by atoms with Crippen LogP contribution in [0.25, 0.3) is 0 Å². The molecule has 1 aromatic carbocycles. The number of anilines is 1. The quantitative estimate of drug-likeness (QED) is 0.646. The zero-order chi connectivity index (χ0) is 14.3. The summed E-state index contributed by atoms with van der Waals surface area (Å²) in [7, 11) is 0. The van der Waals surface area contributed by atoms with Gasteiger partial charge in [-0.1, -0.05) is 15.9 Å². The van der Waals surface area contributed by atoms with Crippen molar-refractivity contribution in [1.29, 1.82) is 0 Å². The smallest absolute Gasteiger partial charge is 0.319 e. The van der Waals surface area contributed by atoms with E-state index in [9.17, 15) is 9.59 Å². The largest absolute Gasteiger partial charge is 0.481 e. The molecule has 0 saturated carbocycles. The van der Waals surface area contributed by atoms with Crippen molar-refractivity contribution in [2.24, 2.45) is 0 Å². The Balaban J connectivity index is 2.31. The van der Waals surface area contributed by atoms with Crippen LogP contribution in [0.4, 0.5) is 10.5 Å². The van der Waals surface area contributed by atoms with Crippen molar-refractivity contribution >= 4 is 49.5 Å². The van der Waals surface area contributed by atoms with Gasteiger partial charge in [-0.3, -0.25) is 4.79 Å². The van der Waals surface area contributed by atoms with Gasteiger partial charge in [-0.2, -0.15) is 0 Å². The summed E-state index contributed by atoms with van der Waals surface area (Å²) >= 11 is 6.66. The first-order valence-corrected chi connectivity index (χ1v) is 7.29. The Hall–Kier alpha value is -1.08. The van der Waals surface area contributed by atoms with Crippen LogP contribution in [0.5, 0.6) is 0 Å². The van der Waals surface area contributed by atoms with Crippen LogP contribution in [-0.2, 0) is 4.79 Å². The van der Waals surface area contributed by atoms with Crippen molar-refractivity contribution in [1.82, 2.24) is 5.32 Å². The first-order chi connectivity index (χ1) is 8.99. The van der Waals surface area contributed by atoms with Gasteiger partial charge >= 0.3 is 12.0 Å². The molecule has 0 aliphatic carbocycles. The molecule has 0 heterocycles. The van der Waals surface area contributed by atoms with Crippen LogP contribution in [-0.4, -0.2) is 23.7 Å². The molecule has 104 valence electrons. The number of rotatable bonds is 6. The summed E-state index contributed by atoms with van der Waals surface area (Å²) in [5.74, 6) is -0.817. The van der Waals surface area contributed by atoms with Gasteiger partial charge in [0.15, 0.2) is 0 Å². The molecule has 0 atom stereocenters. The molecule has 1 rings (SSSR count). The Bertz CT molecular complexity index is 466. The third kappa shape index (κ3) is 6.58. The first kappa shape index (κ1) is 16.0. The topological polar surface area (TPSA) is 78.4 Å². The van der Waals surface area contributed by atoms with Crippen LogP contribution in [0.15, 0.2) is 27.1 Å². The van der Waals surface area contributed by atoms with Crippen molar-refractivity contribution in [2.45, 2.75) is 19.3 Å². The van der Waals surface area contributed by atoms with E-state index in [0.29, 0.717) is 25.1 Å². The number of unbranched alkanes of at least 4 members (excludes halogenated alkanes) is 1. The molecule has 0 aliphatic heterocycles. The van der Waals surface area contributed by atoms with E-state index in [4.69, 9.17) is 5.11 Å². The van der Waals surface area contributed by atoms with Crippen molar-refractivity contribution < 1.29 is 14.7 Å². The molecular weight excluding hydrogens is 380 g/mol. The molecule has 0 spiro atoms. The minimum Gasteiger partial charge on any atom is -0.481 e. The van der Waals surface area contributed by atoms with E-state index >= 15 is 0 Å². The fourth-order valence-electron chi connectivity index (χ4n) is 1.36. The number of carboxylic acid groups (broad SMARTS) is 1. The number of carbonyl (C=O) groups excluding carboxylic acids is 1. The van der Waals surface area contributed by atoms with Gasteiger partial charge in [-0.25, -0.2) is 4.79 Å². The number of carboxylic acids is 1. The zero-order valence-corrected chi connectivity index (χ0v) is 13.3. The van der Waals surface area contributed by atoms with Crippen molar-refractivity contribution in [2.75, 3.05) is 11.9 Å². The predicted octanol–water partition coefficient (Wildman–Crippen LogP) is 3.59. The van der Waals surface area contributed by atoms with Gasteiger partial charge in [0.05, 0.1) is 5.69 Å². The zero-order valence-electron chi connectivity index (χ0n) is 10.1. The summed E-state index contributed by atoms with van der Waals surface area (Å²) in [6, 6.07) is 5.16. The van der Waals surface area contributed by atoms with Crippen LogP contribution < -0.4 is 10.6 Å². The molecule has 2 amide bonds. The predicted molar refractivity (Wildman–Crippen MR) is 80.4 cm³/mol. The lowest BCUT2D eigenvalue weighted by Crippen LogP contribution is -2.29. The molecule has 0 radical (unpaired) electrons. The van der Waals surface area contributed by atoms with Crippen LogP contribution in [0.2, 0.25) is 0 Å². The second kappa shape index (κ2) is 8.16. The Morgan fingerprint density at radius 3 is 2.63 bits per heavy atom. The van der Waals surface area contributed by atoms with Gasteiger partial charge in [0.2, 0.25) is 0 Å². The van der Waals surface area contributed by atoms with Crippen LogP contribution in [0, 0.1) is 0 Å². The second-order valence-corrected chi connectivity index (χ2v) is 5.63. The number of benzene rings is 1. The van der Waals surface area contributed by atoms with Crippen molar-refractivity contribution in [3.8, 4) is 0 Å². The second-order valence-electron chi connectivity index (χ2n) is 3.86. The number of urea groups is 1. The summed E-state index contributed by atoms with van der Waals surface area (Å²) in [5.41, 5.74) is 0.664. The summed E-state index contributed by atoms with van der Waals surface area (Å²) in [5, 5.41) is 13.8. The molecule has 3 N–H and O–H groups in total. The fraction of sp³-hybridized carbons (Fsp3) is 0.333. The molecular formula is C12H14Br2N2O3. The lowest BCUT2D eigenvalue weighted by atomic mass is 10.2. The lowest BCUT2D eigenvalue weighted by molar-refractivity contribution is -0.137. The molecule has 0 unspecified atom stereocenters. The molecule has 0 aromatic heterocycles. The molecule has 0 fully saturated rings. The number of carbonyl (C=O) groups is 2. The average Bonchev–Trinajstić information content (AvgIpc) is 2.33. The Morgan fingerprint density at radius 1 is 1.21 bits per heavy atom. The lowest BCUT2D eigenvalue weighted by Gasteiger charge is -2.09. The first-order valence-electron chi connectivity index (χ1n) is 5.70. The van der Waals surface area contributed by atoms with Gasteiger partial charge in [0, 0.05) is 21.9 Å². The number of halogens is 2. The maximum absolute atomic E-state index is 11.6. The summed E-state index contributed by atoms with van der Waals surface area (Å²) < 4.78 is 1.66. The number of nitrogens with one attached hydrogen (secondary N) is 2. The van der Waals surface area contributed by atoms with Gasteiger partial charge in [0.1, 0.15) is 0 Å². The Kier molecular flexibility index (Phi) is 6.86. The van der Waals surface area contributed by atoms with E-state index in [1.54, 1.807) is 6.07 Å².